The van der Waals surface area contributed by atoms with Gasteiger partial charge in [-0.2, -0.15) is 0 Å². The van der Waals surface area contributed by atoms with Gasteiger partial charge in [-0.3, -0.25) is 0 Å². The second kappa shape index (κ2) is 4.76. The molecule has 1 heterocycles. The largest absolute Gasteiger partial charge is 0.480 e. The first kappa shape index (κ1) is 12.5. The lowest BCUT2D eigenvalue weighted by molar-refractivity contribution is -0.140. The molecule has 0 spiro atoms. The summed E-state index contributed by atoms with van der Waals surface area (Å²) >= 11 is 1.48. The normalized spacial score (nSPS) is 26.4. The van der Waals surface area contributed by atoms with E-state index in [1.54, 1.807) is 0 Å². The van der Waals surface area contributed by atoms with Crippen LogP contribution in [-0.2, 0) is 4.79 Å². The Morgan fingerprint density at radius 3 is 2.76 bits per heavy atom. The van der Waals surface area contributed by atoms with Gasteiger partial charge in [0.25, 0.3) is 0 Å². The monoisotopic (exact) mass is 258 g/mol. The van der Waals surface area contributed by atoms with Crippen molar-refractivity contribution in [2.75, 3.05) is 18.2 Å². The van der Waals surface area contributed by atoms with E-state index in [9.17, 15) is 9.59 Å². The Bertz CT molecular complexity index is 331. The van der Waals surface area contributed by atoms with Crippen LogP contribution in [0.4, 0.5) is 4.79 Å². The van der Waals surface area contributed by atoms with Crippen molar-refractivity contribution in [1.29, 1.82) is 0 Å². The van der Waals surface area contributed by atoms with Gasteiger partial charge in [0.2, 0.25) is 0 Å². The van der Waals surface area contributed by atoms with E-state index in [4.69, 9.17) is 5.11 Å². The second-order valence-corrected chi connectivity index (χ2v) is 6.15. The molecule has 1 atom stereocenters. The lowest BCUT2D eigenvalue weighted by Gasteiger charge is -2.38. The molecule has 17 heavy (non-hydrogen) atoms. The summed E-state index contributed by atoms with van der Waals surface area (Å²) in [4.78, 5) is 24.2. The van der Waals surface area contributed by atoms with Gasteiger partial charge in [0.1, 0.15) is 6.04 Å². The van der Waals surface area contributed by atoms with Gasteiger partial charge < -0.3 is 15.3 Å². The maximum Gasteiger partial charge on any atom is 0.327 e. The van der Waals surface area contributed by atoms with E-state index >= 15 is 0 Å². The summed E-state index contributed by atoms with van der Waals surface area (Å²) in [5.41, 5.74) is 0.223. The van der Waals surface area contributed by atoms with Gasteiger partial charge in [0.05, 0.1) is 5.88 Å². The van der Waals surface area contributed by atoms with Crippen LogP contribution in [0.15, 0.2) is 0 Å². The summed E-state index contributed by atoms with van der Waals surface area (Å²) in [5.74, 6) is 0.0412. The Hall–Kier alpha value is -0.910. The van der Waals surface area contributed by atoms with E-state index in [1.807, 2.05) is 0 Å². The Kier molecular flexibility index (Phi) is 3.51. The molecule has 2 N–H and O–H groups in total. The minimum atomic E-state index is -0.917. The molecular weight excluding hydrogens is 240 g/mol. The first-order valence-corrected chi connectivity index (χ1v) is 7.02. The molecule has 2 rings (SSSR count). The van der Waals surface area contributed by atoms with Crippen LogP contribution >= 0.6 is 11.8 Å². The molecule has 0 radical (unpaired) electrons. The number of hydrogen-bond acceptors (Lipinski definition) is 3. The third kappa shape index (κ3) is 2.68. The molecule has 2 fully saturated rings. The summed E-state index contributed by atoms with van der Waals surface area (Å²) in [7, 11) is 0. The quantitative estimate of drug-likeness (QED) is 0.801. The number of nitrogens with one attached hydrogen (secondary N) is 1. The van der Waals surface area contributed by atoms with E-state index in [0.717, 1.165) is 12.8 Å². The zero-order valence-corrected chi connectivity index (χ0v) is 10.8. The second-order valence-electron chi connectivity index (χ2n) is 5.15. The highest BCUT2D eigenvalue weighted by molar-refractivity contribution is 7.99. The number of thioether (sulfide) groups is 1. The number of nitrogens with zero attached hydrogens (tertiary/aromatic N) is 1. The SMILES string of the molecule is CC1(CNC(=O)N2CSC[C@H]2C(=O)O)CCC1. The maximum absolute atomic E-state index is 11.9. The molecule has 2 amide bonds. The van der Waals surface area contributed by atoms with Crippen LogP contribution in [0.3, 0.4) is 0 Å². The molecule has 6 heteroatoms. The van der Waals surface area contributed by atoms with Gasteiger partial charge in [0.15, 0.2) is 0 Å². The number of carbonyl (C=O) groups is 2. The minimum Gasteiger partial charge on any atom is -0.480 e. The first-order valence-electron chi connectivity index (χ1n) is 5.87. The zero-order valence-electron chi connectivity index (χ0n) is 9.94. The van der Waals surface area contributed by atoms with Gasteiger partial charge in [-0.25, -0.2) is 9.59 Å². The predicted molar refractivity (Wildman–Crippen MR) is 65.9 cm³/mol. The van der Waals surface area contributed by atoms with Crippen LogP contribution in [0, 0.1) is 5.41 Å². The number of rotatable bonds is 3. The van der Waals surface area contributed by atoms with Gasteiger partial charge in [-0.05, 0) is 18.3 Å². The average Bonchev–Trinajstić information content (AvgIpc) is 2.72. The average molecular weight is 258 g/mol. The number of carbonyl (C=O) groups excluding carboxylic acids is 1. The Labute approximate surface area is 105 Å². The number of carboxylic acid groups (broad SMARTS) is 1. The van der Waals surface area contributed by atoms with Gasteiger partial charge >= 0.3 is 12.0 Å². The van der Waals surface area contributed by atoms with Crippen LogP contribution < -0.4 is 5.32 Å². The summed E-state index contributed by atoms with van der Waals surface area (Å²) in [6, 6.07) is -0.912. The molecule has 0 aromatic heterocycles. The molecular formula is C11H18N2O3S. The van der Waals surface area contributed by atoms with E-state index in [0.29, 0.717) is 18.2 Å². The fourth-order valence-electron chi connectivity index (χ4n) is 2.20. The molecule has 2 aliphatic rings. The number of carboxylic acids is 1. The van der Waals surface area contributed by atoms with Crippen molar-refractivity contribution in [2.24, 2.45) is 5.41 Å². The first-order chi connectivity index (χ1) is 8.02. The fourth-order valence-corrected chi connectivity index (χ4v) is 3.34. The van der Waals surface area contributed by atoms with Crippen molar-refractivity contribution < 1.29 is 14.7 Å². The summed E-state index contributed by atoms with van der Waals surface area (Å²) in [6.45, 7) is 2.81. The van der Waals surface area contributed by atoms with E-state index in [-0.39, 0.29) is 11.4 Å². The Morgan fingerprint density at radius 2 is 2.24 bits per heavy atom. The summed E-state index contributed by atoms with van der Waals surface area (Å²) < 4.78 is 0. The molecule has 5 nitrogen and oxygen atoms in total. The van der Waals surface area contributed by atoms with Crippen molar-refractivity contribution in [3.63, 3.8) is 0 Å². The number of urea groups is 1. The van der Waals surface area contributed by atoms with Crippen molar-refractivity contribution in [2.45, 2.75) is 32.2 Å². The molecule has 1 saturated heterocycles. The third-order valence-electron chi connectivity index (χ3n) is 3.66. The fraction of sp³-hybridized carbons (Fsp3) is 0.818. The van der Waals surface area contributed by atoms with Crippen molar-refractivity contribution >= 4 is 23.8 Å². The highest BCUT2D eigenvalue weighted by Crippen LogP contribution is 2.39. The summed E-state index contributed by atoms with van der Waals surface area (Å²) in [5, 5.41) is 11.8. The zero-order chi connectivity index (χ0) is 12.5. The topological polar surface area (TPSA) is 69.6 Å². The molecule has 0 bridgehead atoms. The molecule has 0 aromatic rings. The highest BCUT2D eigenvalue weighted by atomic mass is 32.2. The molecule has 1 aliphatic carbocycles. The van der Waals surface area contributed by atoms with Crippen LogP contribution in [-0.4, -0.2) is 46.2 Å². The lowest BCUT2D eigenvalue weighted by atomic mass is 9.70. The van der Waals surface area contributed by atoms with Crippen LogP contribution in [0.5, 0.6) is 0 Å². The third-order valence-corrected chi connectivity index (χ3v) is 4.67. The smallest absolute Gasteiger partial charge is 0.327 e. The molecule has 1 saturated carbocycles. The van der Waals surface area contributed by atoms with Gasteiger partial charge in [0, 0.05) is 12.3 Å². The van der Waals surface area contributed by atoms with Crippen molar-refractivity contribution in [1.82, 2.24) is 10.2 Å². The van der Waals surface area contributed by atoms with Crippen LogP contribution in [0.25, 0.3) is 0 Å². The number of amides is 2. The lowest BCUT2D eigenvalue weighted by Crippen LogP contribution is -2.50. The number of aliphatic carboxylic acids is 1. The standard InChI is InChI=1S/C11H18N2O3S/c1-11(3-2-4-11)6-12-10(16)13-7-17-5-8(13)9(14)15/h8H,2-7H2,1H3,(H,12,16)(H,14,15)/t8-/m0/s1. The van der Waals surface area contributed by atoms with E-state index in [1.165, 1.54) is 23.1 Å². The van der Waals surface area contributed by atoms with Crippen LogP contribution in [0.2, 0.25) is 0 Å². The molecule has 1 aliphatic heterocycles. The van der Waals surface area contributed by atoms with Crippen molar-refractivity contribution in [3.05, 3.63) is 0 Å². The van der Waals surface area contributed by atoms with Gasteiger partial charge in [-0.1, -0.05) is 13.3 Å². The predicted octanol–water partition coefficient (Wildman–Crippen LogP) is 1.35. The number of hydrogen-bond donors (Lipinski definition) is 2. The Balaban J connectivity index is 1.84. The molecule has 0 unspecified atom stereocenters. The Morgan fingerprint density at radius 1 is 1.53 bits per heavy atom. The van der Waals surface area contributed by atoms with E-state index in [2.05, 4.69) is 12.2 Å². The molecule has 96 valence electrons. The highest BCUT2D eigenvalue weighted by Gasteiger charge is 2.36. The van der Waals surface area contributed by atoms with Crippen molar-refractivity contribution in [3.8, 4) is 0 Å². The molecule has 0 aromatic carbocycles. The maximum atomic E-state index is 11.9. The minimum absolute atomic E-state index is 0.223. The van der Waals surface area contributed by atoms with Crippen LogP contribution in [0.1, 0.15) is 26.2 Å². The van der Waals surface area contributed by atoms with Gasteiger partial charge in [-0.15, -0.1) is 11.8 Å². The summed E-state index contributed by atoms with van der Waals surface area (Å²) in [6.07, 6.45) is 3.51. The van der Waals surface area contributed by atoms with E-state index < -0.39 is 12.0 Å².